The third kappa shape index (κ3) is 3.18. The molecule has 0 saturated heterocycles. The molecule has 0 aliphatic carbocycles. The Hall–Kier alpha value is -3.01. The number of hydrogen-bond donors (Lipinski definition) is 0. The predicted molar refractivity (Wildman–Crippen MR) is 91.6 cm³/mol. The highest BCUT2D eigenvalue weighted by Crippen LogP contribution is 2.17. The summed E-state index contributed by atoms with van der Waals surface area (Å²) in [6.07, 6.45) is 0. The molecule has 0 atom stereocenters. The van der Waals surface area contributed by atoms with Gasteiger partial charge in [0.05, 0.1) is 6.54 Å². The van der Waals surface area contributed by atoms with Crippen molar-refractivity contribution >= 4 is 5.82 Å². The smallest absolute Gasteiger partial charge is 0.332 e. The summed E-state index contributed by atoms with van der Waals surface area (Å²) in [6.45, 7) is 2.73. The molecule has 1 aromatic carbocycles. The fourth-order valence-corrected chi connectivity index (χ4v) is 2.50. The Morgan fingerprint density at radius 2 is 1.88 bits per heavy atom. The van der Waals surface area contributed by atoms with Crippen LogP contribution < -0.4 is 20.9 Å². The minimum atomic E-state index is -0.595. The topological polar surface area (TPSA) is 80.3 Å². The number of anilines is 1. The van der Waals surface area contributed by atoms with Gasteiger partial charge >= 0.3 is 5.69 Å². The van der Waals surface area contributed by atoms with Crippen LogP contribution in [0.3, 0.4) is 0 Å². The molecule has 0 spiro atoms. The summed E-state index contributed by atoms with van der Waals surface area (Å²) in [5.41, 5.74) is -0.0974. The number of rotatable bonds is 5. The summed E-state index contributed by atoms with van der Waals surface area (Å²) >= 11 is 0. The Bertz CT molecular complexity index is 906. The van der Waals surface area contributed by atoms with Gasteiger partial charge in [-0.3, -0.25) is 13.9 Å². The van der Waals surface area contributed by atoms with E-state index < -0.39 is 11.2 Å². The first-order chi connectivity index (χ1) is 11.4. The highest BCUT2D eigenvalue weighted by Gasteiger charge is 2.18. The van der Waals surface area contributed by atoms with Gasteiger partial charge in [-0.2, -0.15) is 5.26 Å². The summed E-state index contributed by atoms with van der Waals surface area (Å²) in [5, 5.41) is 9.29. The minimum absolute atomic E-state index is 0.0574. The first-order valence-corrected chi connectivity index (χ1v) is 7.48. The number of hydrogen-bond acceptors (Lipinski definition) is 5. The van der Waals surface area contributed by atoms with Crippen LogP contribution in [0.5, 0.6) is 5.75 Å². The van der Waals surface area contributed by atoms with E-state index in [1.54, 1.807) is 11.9 Å². The summed E-state index contributed by atoms with van der Waals surface area (Å²) in [7, 11) is 4.61. The Morgan fingerprint density at radius 1 is 1.21 bits per heavy atom. The molecule has 126 valence electrons. The van der Waals surface area contributed by atoms with E-state index in [1.165, 1.54) is 18.7 Å². The highest BCUT2D eigenvalue weighted by atomic mass is 16.5. The maximum Gasteiger partial charge on any atom is 0.332 e. The van der Waals surface area contributed by atoms with E-state index in [1.807, 2.05) is 37.3 Å². The van der Waals surface area contributed by atoms with Gasteiger partial charge in [-0.15, -0.1) is 0 Å². The van der Waals surface area contributed by atoms with Gasteiger partial charge in [-0.25, -0.2) is 4.79 Å². The van der Waals surface area contributed by atoms with Gasteiger partial charge in [-0.1, -0.05) is 18.2 Å². The standard InChI is InChI=1S/C17H20N4O3/c1-12-7-5-6-8-14(12)24-10-9-19(2)15-13(11-18)16(22)21(4)17(23)20(15)3/h5-8H,9-10H2,1-4H3. The lowest BCUT2D eigenvalue weighted by Gasteiger charge is -2.23. The quantitative estimate of drug-likeness (QED) is 0.810. The number of benzene rings is 1. The number of nitriles is 1. The van der Waals surface area contributed by atoms with Crippen LogP contribution in [0, 0.1) is 18.3 Å². The number of likely N-dealkylation sites (N-methyl/N-ethyl adjacent to an activating group) is 1. The lowest BCUT2D eigenvalue weighted by atomic mass is 10.2. The van der Waals surface area contributed by atoms with Gasteiger partial charge in [0.25, 0.3) is 5.56 Å². The summed E-state index contributed by atoms with van der Waals surface area (Å²) in [5.74, 6) is 1.07. The third-order valence-electron chi connectivity index (χ3n) is 3.88. The maximum atomic E-state index is 12.1. The fourth-order valence-electron chi connectivity index (χ4n) is 2.50. The first kappa shape index (κ1) is 17.3. The van der Waals surface area contributed by atoms with Crippen LogP contribution in [-0.2, 0) is 14.1 Å². The van der Waals surface area contributed by atoms with Crippen molar-refractivity contribution in [3.05, 3.63) is 56.2 Å². The highest BCUT2D eigenvalue weighted by molar-refractivity contribution is 5.52. The van der Waals surface area contributed by atoms with Crippen molar-refractivity contribution in [2.45, 2.75) is 6.92 Å². The van der Waals surface area contributed by atoms with Crippen LogP contribution in [0.4, 0.5) is 5.82 Å². The van der Waals surface area contributed by atoms with Crippen molar-refractivity contribution in [3.8, 4) is 11.8 Å². The molecule has 7 heteroatoms. The number of nitrogens with zero attached hydrogens (tertiary/aromatic N) is 4. The molecule has 0 aliphatic rings. The van der Waals surface area contributed by atoms with E-state index in [2.05, 4.69) is 0 Å². The molecule has 0 N–H and O–H groups in total. The Morgan fingerprint density at radius 3 is 2.50 bits per heavy atom. The number of ether oxygens (including phenoxy) is 1. The van der Waals surface area contributed by atoms with E-state index in [-0.39, 0.29) is 5.56 Å². The largest absolute Gasteiger partial charge is 0.491 e. The predicted octanol–water partition coefficient (Wildman–Crippen LogP) is 0.779. The van der Waals surface area contributed by atoms with Gasteiger partial charge in [0.15, 0.2) is 5.56 Å². The van der Waals surface area contributed by atoms with E-state index >= 15 is 0 Å². The van der Waals surface area contributed by atoms with Crippen LogP contribution >= 0.6 is 0 Å². The number of aryl methyl sites for hydroxylation is 1. The number of aromatic nitrogens is 2. The Kier molecular flexibility index (Phi) is 5.09. The zero-order valence-corrected chi connectivity index (χ0v) is 14.2. The fraction of sp³-hybridized carbons (Fsp3) is 0.353. The van der Waals surface area contributed by atoms with E-state index in [9.17, 15) is 14.9 Å². The lowest BCUT2D eigenvalue weighted by molar-refractivity contribution is 0.323. The zero-order chi connectivity index (χ0) is 17.9. The monoisotopic (exact) mass is 328 g/mol. The number of para-hydroxylation sites is 1. The average Bonchev–Trinajstić information content (AvgIpc) is 2.57. The minimum Gasteiger partial charge on any atom is -0.491 e. The van der Waals surface area contributed by atoms with Crippen LogP contribution in [0.25, 0.3) is 0 Å². The normalized spacial score (nSPS) is 10.3. The molecule has 1 heterocycles. The molecule has 24 heavy (non-hydrogen) atoms. The molecule has 7 nitrogen and oxygen atoms in total. The molecule has 0 fully saturated rings. The van der Waals surface area contributed by atoms with Gasteiger partial charge in [0, 0.05) is 21.1 Å². The second kappa shape index (κ2) is 7.04. The lowest BCUT2D eigenvalue weighted by Crippen LogP contribution is -2.42. The van der Waals surface area contributed by atoms with E-state index in [4.69, 9.17) is 4.74 Å². The van der Waals surface area contributed by atoms with Gasteiger partial charge < -0.3 is 9.64 Å². The van der Waals surface area contributed by atoms with Crippen LogP contribution in [0.15, 0.2) is 33.9 Å². The average molecular weight is 328 g/mol. The zero-order valence-electron chi connectivity index (χ0n) is 14.2. The third-order valence-corrected chi connectivity index (χ3v) is 3.88. The van der Waals surface area contributed by atoms with Crippen molar-refractivity contribution in [1.29, 1.82) is 5.26 Å². The molecule has 0 radical (unpaired) electrons. The van der Waals surface area contributed by atoms with Gasteiger partial charge in [0.2, 0.25) is 0 Å². The second-order valence-corrected chi connectivity index (χ2v) is 5.55. The van der Waals surface area contributed by atoms with Crippen molar-refractivity contribution in [1.82, 2.24) is 9.13 Å². The summed E-state index contributed by atoms with van der Waals surface area (Å²) in [6, 6.07) is 9.56. The summed E-state index contributed by atoms with van der Waals surface area (Å²) < 4.78 is 7.96. The van der Waals surface area contributed by atoms with Crippen molar-refractivity contribution < 1.29 is 4.74 Å². The van der Waals surface area contributed by atoms with Crippen molar-refractivity contribution in [3.63, 3.8) is 0 Å². The Labute approximate surface area is 139 Å². The second-order valence-electron chi connectivity index (χ2n) is 5.55. The SMILES string of the molecule is Cc1ccccc1OCCN(C)c1c(C#N)c(=O)n(C)c(=O)n1C. The van der Waals surface area contributed by atoms with Crippen molar-refractivity contribution in [2.75, 3.05) is 25.1 Å². The molecular formula is C17H20N4O3. The van der Waals surface area contributed by atoms with E-state index in [0.717, 1.165) is 15.9 Å². The maximum absolute atomic E-state index is 12.1. The first-order valence-electron chi connectivity index (χ1n) is 7.48. The van der Waals surface area contributed by atoms with Gasteiger partial charge in [0.1, 0.15) is 24.2 Å². The van der Waals surface area contributed by atoms with Crippen molar-refractivity contribution in [2.24, 2.45) is 14.1 Å². The van der Waals surface area contributed by atoms with Crippen LogP contribution in [0.2, 0.25) is 0 Å². The molecule has 0 amide bonds. The molecule has 2 aromatic rings. The molecule has 0 unspecified atom stereocenters. The van der Waals surface area contributed by atoms with Crippen LogP contribution in [0.1, 0.15) is 11.1 Å². The molecule has 1 aromatic heterocycles. The molecule has 0 bridgehead atoms. The molecular weight excluding hydrogens is 308 g/mol. The molecule has 0 saturated carbocycles. The van der Waals surface area contributed by atoms with Crippen LogP contribution in [-0.4, -0.2) is 29.3 Å². The Balaban J connectivity index is 2.23. The molecule has 0 aliphatic heterocycles. The summed E-state index contributed by atoms with van der Waals surface area (Å²) in [4.78, 5) is 25.9. The molecule has 2 rings (SSSR count). The van der Waals surface area contributed by atoms with Gasteiger partial charge in [-0.05, 0) is 18.6 Å². The van der Waals surface area contributed by atoms with E-state index in [0.29, 0.717) is 19.0 Å².